The fourth-order valence-electron chi connectivity index (χ4n) is 3.22. The van der Waals surface area contributed by atoms with Crippen LogP contribution < -0.4 is 10.1 Å². The van der Waals surface area contributed by atoms with E-state index in [0.717, 1.165) is 30.6 Å². The van der Waals surface area contributed by atoms with E-state index in [0.29, 0.717) is 6.04 Å². The molecule has 0 amide bonds. The minimum absolute atomic E-state index is 0.468. The maximum atomic E-state index is 5.96. The molecule has 0 radical (unpaired) electrons. The summed E-state index contributed by atoms with van der Waals surface area (Å²) in [5, 5.41) is 4.62. The van der Waals surface area contributed by atoms with Crippen LogP contribution in [-0.2, 0) is 0 Å². The molecule has 20 heavy (non-hydrogen) atoms. The van der Waals surface area contributed by atoms with Gasteiger partial charge in [0.05, 0.1) is 6.61 Å². The lowest BCUT2D eigenvalue weighted by atomic mass is 9.99. The fraction of sp³-hybridized carbons (Fsp3) is 0.647. The number of para-hydroxylation sites is 1. The van der Waals surface area contributed by atoms with Crippen LogP contribution in [0.5, 0.6) is 5.75 Å². The SMILES string of the molecule is Cc1cccc2c1OCCCC2NCC1CCCCS1. The van der Waals surface area contributed by atoms with Gasteiger partial charge in [-0.2, -0.15) is 11.8 Å². The second-order valence-electron chi connectivity index (χ2n) is 5.93. The number of hydrogen-bond donors (Lipinski definition) is 1. The lowest BCUT2D eigenvalue weighted by Crippen LogP contribution is -2.30. The Bertz CT molecular complexity index is 443. The monoisotopic (exact) mass is 291 g/mol. The Morgan fingerprint density at radius 1 is 1.25 bits per heavy atom. The summed E-state index contributed by atoms with van der Waals surface area (Å²) in [6.07, 6.45) is 6.52. The van der Waals surface area contributed by atoms with E-state index < -0.39 is 0 Å². The molecule has 0 spiro atoms. The molecule has 2 atom stereocenters. The number of hydrogen-bond acceptors (Lipinski definition) is 3. The molecular formula is C17H25NOS. The molecule has 0 aliphatic carbocycles. The van der Waals surface area contributed by atoms with Crippen LogP contribution in [0.2, 0.25) is 0 Å². The van der Waals surface area contributed by atoms with Crippen molar-refractivity contribution in [3.63, 3.8) is 0 Å². The van der Waals surface area contributed by atoms with Crippen molar-refractivity contribution in [3.8, 4) is 5.75 Å². The van der Waals surface area contributed by atoms with E-state index in [1.807, 2.05) is 0 Å². The Hall–Kier alpha value is -0.670. The largest absolute Gasteiger partial charge is 0.493 e. The molecule has 3 rings (SSSR count). The number of nitrogens with one attached hydrogen (secondary N) is 1. The minimum Gasteiger partial charge on any atom is -0.493 e. The predicted molar refractivity (Wildman–Crippen MR) is 86.7 cm³/mol. The number of rotatable bonds is 3. The molecule has 2 aliphatic heterocycles. The molecule has 0 bridgehead atoms. The van der Waals surface area contributed by atoms with Crippen molar-refractivity contribution in [2.75, 3.05) is 18.9 Å². The van der Waals surface area contributed by atoms with Crippen LogP contribution in [-0.4, -0.2) is 24.2 Å². The lowest BCUT2D eigenvalue weighted by molar-refractivity contribution is 0.313. The Balaban J connectivity index is 1.68. The molecule has 1 saturated heterocycles. The van der Waals surface area contributed by atoms with Crippen molar-refractivity contribution in [3.05, 3.63) is 29.3 Å². The second-order valence-corrected chi connectivity index (χ2v) is 7.34. The molecular weight excluding hydrogens is 266 g/mol. The molecule has 2 nitrogen and oxygen atoms in total. The number of aryl methyl sites for hydroxylation is 1. The third kappa shape index (κ3) is 3.32. The first-order chi connectivity index (χ1) is 9.84. The topological polar surface area (TPSA) is 21.3 Å². The van der Waals surface area contributed by atoms with Gasteiger partial charge in [0.25, 0.3) is 0 Å². The summed E-state index contributed by atoms with van der Waals surface area (Å²) in [6.45, 7) is 4.15. The highest BCUT2D eigenvalue weighted by Crippen LogP contribution is 2.34. The van der Waals surface area contributed by atoms with Crippen LogP contribution in [0.4, 0.5) is 0 Å². The molecule has 110 valence electrons. The maximum absolute atomic E-state index is 5.96. The van der Waals surface area contributed by atoms with Gasteiger partial charge in [0.2, 0.25) is 0 Å². The van der Waals surface area contributed by atoms with Crippen molar-refractivity contribution in [2.45, 2.75) is 50.3 Å². The summed E-state index contributed by atoms with van der Waals surface area (Å²) < 4.78 is 5.96. The molecule has 2 unspecified atom stereocenters. The van der Waals surface area contributed by atoms with Crippen molar-refractivity contribution in [1.29, 1.82) is 0 Å². The average Bonchev–Trinajstić information content (AvgIpc) is 2.70. The maximum Gasteiger partial charge on any atom is 0.126 e. The molecule has 2 heterocycles. The zero-order valence-electron chi connectivity index (χ0n) is 12.4. The quantitative estimate of drug-likeness (QED) is 0.906. The molecule has 1 N–H and O–H groups in total. The third-order valence-corrected chi connectivity index (χ3v) is 5.77. The highest BCUT2D eigenvalue weighted by molar-refractivity contribution is 7.99. The number of thioether (sulfide) groups is 1. The van der Waals surface area contributed by atoms with Crippen LogP contribution >= 0.6 is 11.8 Å². The van der Waals surface area contributed by atoms with Crippen LogP contribution in [0.25, 0.3) is 0 Å². The van der Waals surface area contributed by atoms with Gasteiger partial charge in [0.1, 0.15) is 5.75 Å². The van der Waals surface area contributed by atoms with Crippen molar-refractivity contribution in [2.24, 2.45) is 0 Å². The molecule has 1 fully saturated rings. The highest BCUT2D eigenvalue weighted by Gasteiger charge is 2.22. The molecule has 2 aliphatic rings. The molecule has 1 aromatic carbocycles. The summed E-state index contributed by atoms with van der Waals surface area (Å²) in [6, 6.07) is 7.01. The zero-order valence-corrected chi connectivity index (χ0v) is 13.2. The van der Waals surface area contributed by atoms with Crippen LogP contribution in [0.1, 0.15) is 49.3 Å². The van der Waals surface area contributed by atoms with Gasteiger partial charge in [-0.25, -0.2) is 0 Å². The first kappa shape index (κ1) is 14.3. The van der Waals surface area contributed by atoms with Gasteiger partial charge in [0, 0.05) is 23.4 Å². The molecule has 0 saturated carbocycles. The summed E-state index contributed by atoms with van der Waals surface area (Å²) >= 11 is 2.15. The van der Waals surface area contributed by atoms with E-state index in [4.69, 9.17) is 4.74 Å². The number of benzene rings is 1. The Labute approximate surface area is 126 Å². The van der Waals surface area contributed by atoms with Crippen LogP contribution in [0, 0.1) is 6.92 Å². The first-order valence-corrected chi connectivity index (χ1v) is 8.97. The Morgan fingerprint density at radius 2 is 2.20 bits per heavy atom. The van der Waals surface area contributed by atoms with E-state index in [2.05, 4.69) is 42.2 Å². The van der Waals surface area contributed by atoms with Crippen molar-refractivity contribution >= 4 is 11.8 Å². The van der Waals surface area contributed by atoms with Crippen LogP contribution in [0.15, 0.2) is 18.2 Å². The van der Waals surface area contributed by atoms with Gasteiger partial charge >= 0.3 is 0 Å². The van der Waals surface area contributed by atoms with Crippen LogP contribution in [0.3, 0.4) is 0 Å². The van der Waals surface area contributed by atoms with Gasteiger partial charge in [-0.1, -0.05) is 24.6 Å². The van der Waals surface area contributed by atoms with Gasteiger partial charge in [-0.05, 0) is 43.9 Å². The normalized spacial score (nSPS) is 26.4. The van der Waals surface area contributed by atoms with Gasteiger partial charge in [-0.3, -0.25) is 0 Å². The number of fused-ring (bicyclic) bond motifs is 1. The van der Waals surface area contributed by atoms with E-state index in [1.165, 1.54) is 42.6 Å². The second kappa shape index (κ2) is 6.86. The summed E-state index contributed by atoms with van der Waals surface area (Å²) in [5.74, 6) is 2.47. The minimum atomic E-state index is 0.468. The third-order valence-electron chi connectivity index (χ3n) is 4.37. The number of ether oxygens (including phenoxy) is 1. The summed E-state index contributed by atoms with van der Waals surface area (Å²) in [5.41, 5.74) is 2.63. The standard InChI is InChI=1S/C17H25NOS/c1-13-6-4-8-15-16(9-5-10-19-17(13)15)18-12-14-7-2-3-11-20-14/h4,6,8,14,16,18H,2-3,5,7,9-12H2,1H3. The van der Waals surface area contributed by atoms with E-state index in [9.17, 15) is 0 Å². The zero-order chi connectivity index (χ0) is 13.8. The van der Waals surface area contributed by atoms with Gasteiger partial charge < -0.3 is 10.1 Å². The van der Waals surface area contributed by atoms with Crippen molar-refractivity contribution < 1.29 is 4.74 Å². The predicted octanol–water partition coefficient (Wildman–Crippen LogP) is 4.08. The molecule has 3 heteroatoms. The lowest BCUT2D eigenvalue weighted by Gasteiger charge is -2.25. The van der Waals surface area contributed by atoms with Crippen molar-refractivity contribution in [1.82, 2.24) is 5.32 Å². The molecule has 1 aromatic rings. The Morgan fingerprint density at radius 3 is 3.05 bits per heavy atom. The highest BCUT2D eigenvalue weighted by atomic mass is 32.2. The van der Waals surface area contributed by atoms with E-state index in [-0.39, 0.29) is 0 Å². The summed E-state index contributed by atoms with van der Waals surface area (Å²) in [4.78, 5) is 0. The molecule has 0 aromatic heterocycles. The smallest absolute Gasteiger partial charge is 0.126 e. The summed E-state index contributed by atoms with van der Waals surface area (Å²) in [7, 11) is 0. The Kier molecular flexibility index (Phi) is 4.90. The van der Waals surface area contributed by atoms with E-state index in [1.54, 1.807) is 0 Å². The fourth-order valence-corrected chi connectivity index (χ4v) is 4.47. The first-order valence-electron chi connectivity index (χ1n) is 7.92. The van der Waals surface area contributed by atoms with Gasteiger partial charge in [-0.15, -0.1) is 0 Å². The van der Waals surface area contributed by atoms with E-state index >= 15 is 0 Å². The van der Waals surface area contributed by atoms with Gasteiger partial charge in [0.15, 0.2) is 0 Å². The average molecular weight is 291 g/mol.